The lowest BCUT2D eigenvalue weighted by Crippen LogP contribution is -2.33. The van der Waals surface area contributed by atoms with E-state index in [0.29, 0.717) is 11.4 Å². The molecule has 4 rings (SSSR count). The van der Waals surface area contributed by atoms with Gasteiger partial charge in [0.25, 0.3) is 0 Å². The van der Waals surface area contributed by atoms with Crippen LogP contribution in [0.3, 0.4) is 0 Å². The monoisotopic (exact) mass is 277 g/mol. The lowest BCUT2D eigenvalue weighted by Gasteiger charge is -2.15. The molecule has 2 atom stereocenters. The Labute approximate surface area is 112 Å². The second-order valence-corrected chi connectivity index (χ2v) is 6.39. The first-order chi connectivity index (χ1) is 9.09. The van der Waals surface area contributed by atoms with Gasteiger partial charge in [-0.1, -0.05) is 0 Å². The number of aromatic carboxylic acids is 1. The summed E-state index contributed by atoms with van der Waals surface area (Å²) in [6.07, 6.45) is 3.18. The Hall–Kier alpha value is -1.69. The fourth-order valence-electron chi connectivity index (χ4n) is 3.15. The van der Waals surface area contributed by atoms with Crippen molar-refractivity contribution in [2.24, 2.45) is 11.8 Å². The summed E-state index contributed by atoms with van der Waals surface area (Å²) < 4.78 is 0. The molecule has 2 fully saturated rings. The molecule has 2 heterocycles. The minimum Gasteiger partial charge on any atom is -0.478 e. The second kappa shape index (κ2) is 3.45. The molecule has 1 saturated heterocycles. The van der Waals surface area contributed by atoms with E-state index in [4.69, 9.17) is 0 Å². The molecule has 1 N–H and O–H groups in total. The highest BCUT2D eigenvalue weighted by Crippen LogP contribution is 2.51. The van der Waals surface area contributed by atoms with Crippen molar-refractivity contribution in [3.8, 4) is 0 Å². The van der Waals surface area contributed by atoms with Crippen LogP contribution >= 0.6 is 11.3 Å². The summed E-state index contributed by atoms with van der Waals surface area (Å²) in [4.78, 5) is 37.8. The van der Waals surface area contributed by atoms with Crippen LogP contribution in [-0.4, -0.2) is 22.9 Å². The zero-order chi connectivity index (χ0) is 13.3. The molecule has 2 aliphatic carbocycles. The normalized spacial score (nSPS) is 27.7. The molecule has 1 saturated carbocycles. The minimum atomic E-state index is -1.03. The first-order valence-corrected chi connectivity index (χ1v) is 7.17. The summed E-state index contributed by atoms with van der Waals surface area (Å²) >= 11 is 1.31. The number of imide groups is 1. The predicted octanol–water partition coefficient (Wildman–Crippen LogP) is 1.44. The Balaban J connectivity index is 1.86. The van der Waals surface area contributed by atoms with E-state index >= 15 is 0 Å². The number of anilines is 1. The van der Waals surface area contributed by atoms with Crippen molar-refractivity contribution in [3.05, 3.63) is 16.0 Å². The quantitative estimate of drug-likeness (QED) is 0.830. The van der Waals surface area contributed by atoms with Crippen molar-refractivity contribution < 1.29 is 19.5 Å². The summed E-state index contributed by atoms with van der Waals surface area (Å²) in [6, 6.07) is 0. The highest BCUT2D eigenvalue weighted by molar-refractivity contribution is 7.17. The Kier molecular flexibility index (Phi) is 2.02. The van der Waals surface area contributed by atoms with Gasteiger partial charge >= 0.3 is 5.97 Å². The van der Waals surface area contributed by atoms with Gasteiger partial charge in [-0.05, 0) is 31.2 Å². The molecular formula is C13H11NO4S. The number of amides is 2. The van der Waals surface area contributed by atoms with Gasteiger partial charge in [-0.15, -0.1) is 11.3 Å². The number of hydrogen-bond acceptors (Lipinski definition) is 4. The number of carboxylic acid groups (broad SMARTS) is 1. The number of thiophene rings is 1. The molecule has 2 unspecified atom stereocenters. The van der Waals surface area contributed by atoms with E-state index in [0.717, 1.165) is 34.6 Å². The van der Waals surface area contributed by atoms with Crippen LogP contribution in [0.25, 0.3) is 0 Å². The van der Waals surface area contributed by atoms with Gasteiger partial charge in [-0.3, -0.25) is 9.59 Å². The van der Waals surface area contributed by atoms with E-state index in [1.807, 2.05) is 0 Å². The summed E-state index contributed by atoms with van der Waals surface area (Å²) in [5.41, 5.74) is 1.01. The highest BCUT2D eigenvalue weighted by Gasteiger charge is 2.60. The first-order valence-electron chi connectivity index (χ1n) is 6.35. The fourth-order valence-corrected chi connectivity index (χ4v) is 4.54. The molecule has 0 spiro atoms. The molecule has 3 aliphatic rings. The van der Waals surface area contributed by atoms with Gasteiger partial charge in [0.2, 0.25) is 11.8 Å². The van der Waals surface area contributed by atoms with Crippen LogP contribution < -0.4 is 4.90 Å². The maximum Gasteiger partial charge on any atom is 0.339 e. The molecule has 98 valence electrons. The molecule has 19 heavy (non-hydrogen) atoms. The Morgan fingerprint density at radius 1 is 1.21 bits per heavy atom. The molecule has 5 nitrogen and oxygen atoms in total. The minimum absolute atomic E-state index is 0.181. The molecular weight excluding hydrogens is 266 g/mol. The highest BCUT2D eigenvalue weighted by atomic mass is 32.1. The Morgan fingerprint density at radius 2 is 1.89 bits per heavy atom. The van der Waals surface area contributed by atoms with Crippen LogP contribution in [0.2, 0.25) is 0 Å². The number of carbonyl (C=O) groups is 3. The molecule has 1 aromatic heterocycles. The summed E-state index contributed by atoms with van der Waals surface area (Å²) in [7, 11) is 0. The molecule has 1 aliphatic heterocycles. The fraction of sp³-hybridized carbons (Fsp3) is 0.462. The van der Waals surface area contributed by atoms with E-state index in [2.05, 4.69) is 0 Å². The maximum absolute atomic E-state index is 12.1. The predicted molar refractivity (Wildman–Crippen MR) is 67.4 cm³/mol. The van der Waals surface area contributed by atoms with Crippen molar-refractivity contribution in [2.45, 2.75) is 25.7 Å². The number of nitrogens with zero attached hydrogens (tertiary/aromatic N) is 1. The number of fused-ring (bicyclic) bond motifs is 2. The number of aryl methyl sites for hydroxylation is 1. The maximum atomic E-state index is 12.1. The van der Waals surface area contributed by atoms with Crippen LogP contribution in [0.4, 0.5) is 5.00 Å². The van der Waals surface area contributed by atoms with Crippen molar-refractivity contribution >= 4 is 34.1 Å². The smallest absolute Gasteiger partial charge is 0.339 e. The average Bonchev–Trinajstić information content (AvgIpc) is 2.80. The molecule has 2 amide bonds. The SMILES string of the molecule is O=C(O)c1c(N2C(=O)C3CC3C2=O)sc2c1CCC2. The number of carbonyl (C=O) groups excluding carboxylic acids is 2. The molecule has 0 aromatic carbocycles. The van der Waals surface area contributed by atoms with Crippen LogP contribution in [-0.2, 0) is 22.4 Å². The lowest BCUT2D eigenvalue weighted by molar-refractivity contribution is -0.123. The molecule has 0 bridgehead atoms. The lowest BCUT2D eigenvalue weighted by atomic mass is 10.1. The summed E-state index contributed by atoms with van der Waals surface area (Å²) in [5, 5.41) is 9.73. The number of rotatable bonds is 2. The third kappa shape index (κ3) is 1.32. The van der Waals surface area contributed by atoms with E-state index in [1.165, 1.54) is 11.3 Å². The van der Waals surface area contributed by atoms with Crippen LogP contribution in [0.15, 0.2) is 0 Å². The standard InChI is InChI=1S/C13H11NO4S/c15-10-6-4-7(6)11(16)14(10)12-9(13(17)18)5-2-1-3-8(5)19-12/h6-7H,1-4H2,(H,17,18). The van der Waals surface area contributed by atoms with Gasteiger partial charge in [0.15, 0.2) is 0 Å². The number of carboxylic acids is 1. The van der Waals surface area contributed by atoms with E-state index in [9.17, 15) is 19.5 Å². The van der Waals surface area contributed by atoms with Crippen LogP contribution in [0, 0.1) is 11.8 Å². The van der Waals surface area contributed by atoms with Gasteiger partial charge < -0.3 is 5.11 Å². The van der Waals surface area contributed by atoms with Gasteiger partial charge in [0, 0.05) is 4.88 Å². The van der Waals surface area contributed by atoms with Crippen LogP contribution in [0.5, 0.6) is 0 Å². The van der Waals surface area contributed by atoms with Crippen molar-refractivity contribution in [1.82, 2.24) is 0 Å². The van der Waals surface area contributed by atoms with Crippen molar-refractivity contribution in [3.63, 3.8) is 0 Å². The average molecular weight is 277 g/mol. The third-order valence-corrected chi connectivity index (χ3v) is 5.46. The van der Waals surface area contributed by atoms with Gasteiger partial charge in [-0.2, -0.15) is 0 Å². The topological polar surface area (TPSA) is 74.7 Å². The summed E-state index contributed by atoms with van der Waals surface area (Å²) in [5.74, 6) is -1.83. The number of piperidine rings is 1. The van der Waals surface area contributed by atoms with Crippen molar-refractivity contribution in [1.29, 1.82) is 0 Å². The van der Waals surface area contributed by atoms with E-state index < -0.39 is 5.97 Å². The van der Waals surface area contributed by atoms with Crippen LogP contribution in [0.1, 0.15) is 33.6 Å². The molecule has 1 aromatic rings. The van der Waals surface area contributed by atoms with E-state index in [-0.39, 0.29) is 29.2 Å². The molecule has 6 heteroatoms. The zero-order valence-electron chi connectivity index (χ0n) is 10.0. The molecule has 0 radical (unpaired) electrons. The summed E-state index contributed by atoms with van der Waals surface area (Å²) in [6.45, 7) is 0. The zero-order valence-corrected chi connectivity index (χ0v) is 10.8. The van der Waals surface area contributed by atoms with Gasteiger partial charge in [0.05, 0.1) is 17.4 Å². The third-order valence-electron chi connectivity index (χ3n) is 4.19. The Bertz CT molecular complexity index is 627. The largest absolute Gasteiger partial charge is 0.478 e. The second-order valence-electron chi connectivity index (χ2n) is 5.30. The van der Waals surface area contributed by atoms with Crippen molar-refractivity contribution in [2.75, 3.05) is 4.90 Å². The van der Waals surface area contributed by atoms with E-state index in [1.54, 1.807) is 0 Å². The number of hydrogen-bond donors (Lipinski definition) is 1. The van der Waals surface area contributed by atoms with Gasteiger partial charge in [-0.25, -0.2) is 9.69 Å². The Morgan fingerprint density at radius 3 is 2.53 bits per heavy atom. The van der Waals surface area contributed by atoms with Gasteiger partial charge in [0.1, 0.15) is 5.00 Å². The first kappa shape index (κ1) is 11.2.